The van der Waals surface area contributed by atoms with Gasteiger partial charge in [-0.3, -0.25) is 4.79 Å². The van der Waals surface area contributed by atoms with Gasteiger partial charge in [0, 0.05) is 13.2 Å². The summed E-state index contributed by atoms with van der Waals surface area (Å²) in [4.78, 5) is 13.3. The molecule has 4 rings (SSSR count). The number of amides is 1. The quantitative estimate of drug-likeness (QED) is 0.830. The molecule has 1 fully saturated rings. The van der Waals surface area contributed by atoms with Gasteiger partial charge in [-0.05, 0) is 43.0 Å². The summed E-state index contributed by atoms with van der Waals surface area (Å²) in [5, 5.41) is 14.0. The van der Waals surface area contributed by atoms with Crippen LogP contribution < -0.4 is 14.8 Å². The zero-order valence-corrected chi connectivity index (χ0v) is 15.9. The fourth-order valence-electron chi connectivity index (χ4n) is 3.88. The summed E-state index contributed by atoms with van der Waals surface area (Å²) >= 11 is 0. The van der Waals surface area contributed by atoms with Gasteiger partial charge in [0.1, 0.15) is 5.60 Å². The van der Waals surface area contributed by atoms with Crippen LogP contribution in [0.15, 0.2) is 48.5 Å². The Balaban J connectivity index is 1.51. The zero-order chi connectivity index (χ0) is 19.6. The van der Waals surface area contributed by atoms with Crippen molar-refractivity contribution in [2.75, 3.05) is 26.6 Å². The zero-order valence-electron chi connectivity index (χ0n) is 15.9. The molecule has 6 heteroatoms. The van der Waals surface area contributed by atoms with Gasteiger partial charge in [-0.2, -0.15) is 0 Å². The molecule has 28 heavy (non-hydrogen) atoms. The van der Waals surface area contributed by atoms with E-state index in [2.05, 4.69) is 5.32 Å². The largest absolute Gasteiger partial charge is 0.454 e. The molecule has 0 radical (unpaired) electrons. The summed E-state index contributed by atoms with van der Waals surface area (Å²) in [5.41, 5.74) is -0.222. The second-order valence-corrected chi connectivity index (χ2v) is 7.59. The SMILES string of the molecule is CC(O)(CNC(=O)C1(c2ccccc2)CCOCC1)c1ccc2c(c1)OCO2. The standard InChI is InChI=1S/C22H25NO5/c1-21(25,17-7-8-18-19(13-17)28-15-27-18)14-23-20(24)22(9-11-26-12-10-22)16-5-3-2-4-6-16/h2-8,13,25H,9-12,14-15H2,1H3,(H,23,24). The van der Waals surface area contributed by atoms with E-state index in [1.807, 2.05) is 30.3 Å². The number of hydrogen-bond donors (Lipinski definition) is 2. The monoisotopic (exact) mass is 383 g/mol. The molecule has 0 aromatic heterocycles. The molecule has 2 N–H and O–H groups in total. The van der Waals surface area contributed by atoms with Crippen LogP contribution in [0.4, 0.5) is 0 Å². The van der Waals surface area contributed by atoms with E-state index in [1.54, 1.807) is 25.1 Å². The van der Waals surface area contributed by atoms with Gasteiger partial charge < -0.3 is 24.6 Å². The number of fused-ring (bicyclic) bond motifs is 1. The summed E-state index contributed by atoms with van der Waals surface area (Å²) in [6.07, 6.45) is 1.24. The molecular weight excluding hydrogens is 358 g/mol. The van der Waals surface area contributed by atoms with E-state index in [9.17, 15) is 9.90 Å². The Morgan fingerprint density at radius 1 is 1.11 bits per heavy atom. The molecule has 1 unspecified atom stereocenters. The first kappa shape index (κ1) is 18.8. The predicted octanol–water partition coefficient (Wildman–Crippen LogP) is 2.49. The van der Waals surface area contributed by atoms with Crippen molar-refractivity contribution < 1.29 is 24.1 Å². The lowest BCUT2D eigenvalue weighted by atomic mass is 9.73. The first-order valence-electron chi connectivity index (χ1n) is 9.55. The Labute approximate surface area is 164 Å². The van der Waals surface area contributed by atoms with Gasteiger partial charge in [-0.25, -0.2) is 0 Å². The third kappa shape index (κ3) is 3.45. The van der Waals surface area contributed by atoms with E-state index in [0.29, 0.717) is 43.1 Å². The van der Waals surface area contributed by atoms with Crippen molar-refractivity contribution in [2.45, 2.75) is 30.8 Å². The Morgan fingerprint density at radius 3 is 2.57 bits per heavy atom. The number of hydrogen-bond acceptors (Lipinski definition) is 5. The van der Waals surface area contributed by atoms with Gasteiger partial charge >= 0.3 is 0 Å². The topological polar surface area (TPSA) is 77.0 Å². The number of benzene rings is 2. The van der Waals surface area contributed by atoms with Gasteiger partial charge in [0.2, 0.25) is 12.7 Å². The highest BCUT2D eigenvalue weighted by Gasteiger charge is 2.42. The molecule has 1 amide bonds. The Kier molecular flexibility index (Phi) is 5.00. The number of carbonyl (C=O) groups is 1. The molecule has 148 valence electrons. The highest BCUT2D eigenvalue weighted by molar-refractivity contribution is 5.88. The molecule has 0 saturated carbocycles. The fourth-order valence-corrected chi connectivity index (χ4v) is 3.88. The van der Waals surface area contributed by atoms with E-state index >= 15 is 0 Å². The molecule has 2 aliphatic rings. The highest BCUT2D eigenvalue weighted by atomic mass is 16.7. The number of aliphatic hydroxyl groups is 1. The summed E-state index contributed by atoms with van der Waals surface area (Å²) in [5.74, 6) is 1.19. The van der Waals surface area contributed by atoms with E-state index in [1.165, 1.54) is 0 Å². The van der Waals surface area contributed by atoms with E-state index < -0.39 is 11.0 Å². The van der Waals surface area contributed by atoms with Gasteiger partial charge in [0.15, 0.2) is 11.5 Å². The van der Waals surface area contributed by atoms with E-state index in [4.69, 9.17) is 14.2 Å². The van der Waals surface area contributed by atoms with E-state index in [0.717, 1.165) is 5.56 Å². The smallest absolute Gasteiger partial charge is 0.231 e. The van der Waals surface area contributed by atoms with Gasteiger partial charge in [-0.15, -0.1) is 0 Å². The average Bonchev–Trinajstić information content (AvgIpc) is 3.21. The first-order valence-corrected chi connectivity index (χ1v) is 9.55. The van der Waals surface area contributed by atoms with Crippen LogP contribution in [0.1, 0.15) is 30.9 Å². The van der Waals surface area contributed by atoms with Crippen molar-refractivity contribution in [1.82, 2.24) is 5.32 Å². The van der Waals surface area contributed by atoms with Crippen molar-refractivity contribution in [3.63, 3.8) is 0 Å². The van der Waals surface area contributed by atoms with Gasteiger partial charge in [-0.1, -0.05) is 36.4 Å². The van der Waals surface area contributed by atoms with Crippen molar-refractivity contribution in [3.05, 3.63) is 59.7 Å². The molecule has 0 spiro atoms. The summed E-state index contributed by atoms with van der Waals surface area (Å²) in [7, 11) is 0. The lowest BCUT2D eigenvalue weighted by Gasteiger charge is -2.37. The van der Waals surface area contributed by atoms with Crippen LogP contribution in [0, 0.1) is 0 Å². The molecule has 2 aromatic carbocycles. The minimum atomic E-state index is -1.24. The van der Waals surface area contributed by atoms with Crippen LogP contribution in [-0.4, -0.2) is 37.6 Å². The molecule has 2 heterocycles. The molecule has 0 aliphatic carbocycles. The molecule has 1 saturated heterocycles. The van der Waals surface area contributed by atoms with Crippen LogP contribution in [0.25, 0.3) is 0 Å². The molecule has 6 nitrogen and oxygen atoms in total. The maximum Gasteiger partial charge on any atom is 0.231 e. The Hall–Kier alpha value is -2.57. The normalized spacial score (nSPS) is 19.6. The summed E-state index contributed by atoms with van der Waals surface area (Å²) in [6.45, 7) is 3.05. The average molecular weight is 383 g/mol. The van der Waals surface area contributed by atoms with Gasteiger partial charge in [0.25, 0.3) is 0 Å². The van der Waals surface area contributed by atoms with Crippen LogP contribution in [0.2, 0.25) is 0 Å². The summed E-state index contributed by atoms with van der Waals surface area (Å²) in [6, 6.07) is 15.1. The molecule has 2 aliphatic heterocycles. The molecular formula is C22H25NO5. The van der Waals surface area contributed by atoms with Crippen molar-refractivity contribution in [3.8, 4) is 11.5 Å². The maximum atomic E-state index is 13.3. The van der Waals surface area contributed by atoms with Crippen LogP contribution >= 0.6 is 0 Å². The number of rotatable bonds is 5. The Morgan fingerprint density at radius 2 is 1.82 bits per heavy atom. The second-order valence-electron chi connectivity index (χ2n) is 7.59. The van der Waals surface area contributed by atoms with Crippen LogP contribution in [0.3, 0.4) is 0 Å². The van der Waals surface area contributed by atoms with Crippen LogP contribution in [0.5, 0.6) is 11.5 Å². The third-order valence-electron chi connectivity index (χ3n) is 5.70. The maximum absolute atomic E-state index is 13.3. The van der Waals surface area contributed by atoms with E-state index in [-0.39, 0.29) is 19.2 Å². The highest BCUT2D eigenvalue weighted by Crippen LogP contribution is 2.37. The number of carbonyl (C=O) groups excluding carboxylic acids is 1. The van der Waals surface area contributed by atoms with Crippen molar-refractivity contribution >= 4 is 5.91 Å². The molecule has 2 aromatic rings. The number of ether oxygens (including phenoxy) is 3. The van der Waals surface area contributed by atoms with Crippen molar-refractivity contribution in [2.24, 2.45) is 0 Å². The number of nitrogens with one attached hydrogen (secondary N) is 1. The lowest BCUT2D eigenvalue weighted by Crippen LogP contribution is -2.51. The minimum absolute atomic E-state index is 0.0805. The second kappa shape index (κ2) is 7.45. The fraction of sp³-hybridized carbons (Fsp3) is 0.409. The van der Waals surface area contributed by atoms with Crippen molar-refractivity contribution in [1.29, 1.82) is 0 Å². The first-order chi connectivity index (χ1) is 13.5. The van der Waals surface area contributed by atoms with Gasteiger partial charge in [0.05, 0.1) is 12.0 Å². The summed E-state index contributed by atoms with van der Waals surface area (Å²) < 4.78 is 16.2. The van der Waals surface area contributed by atoms with Crippen LogP contribution in [-0.2, 0) is 20.5 Å². The molecule has 1 atom stereocenters. The minimum Gasteiger partial charge on any atom is -0.454 e. The predicted molar refractivity (Wildman–Crippen MR) is 103 cm³/mol. The molecule has 0 bridgehead atoms. The Bertz CT molecular complexity index is 843. The third-order valence-corrected chi connectivity index (χ3v) is 5.70. The lowest BCUT2D eigenvalue weighted by molar-refractivity contribution is -0.131.